The van der Waals surface area contributed by atoms with Crippen LogP contribution in [0.5, 0.6) is 17.5 Å². The number of piperazine rings is 1. The van der Waals surface area contributed by atoms with E-state index < -0.39 is 29.4 Å². The summed E-state index contributed by atoms with van der Waals surface area (Å²) in [6.45, 7) is 3.28. The number of nitrogens with one attached hydrogen (secondary N) is 1. The Morgan fingerprint density at radius 1 is 1.09 bits per heavy atom. The smallest absolute Gasteiger partial charge is 0.319 e. The number of aromatic hydroxyl groups is 1. The molecule has 1 aromatic heterocycles. The first-order valence-corrected chi connectivity index (χ1v) is 16.6. The van der Waals surface area contributed by atoms with Gasteiger partial charge in [-0.2, -0.15) is 9.97 Å². The number of phenols is 1. The second kappa shape index (κ2) is 10.6. The minimum Gasteiger partial charge on any atom is -0.508 e. The summed E-state index contributed by atoms with van der Waals surface area (Å²) >= 11 is 0. The number of hydrogen-bond acceptors (Lipinski definition) is 9. The minimum absolute atomic E-state index is 0.0156. The van der Waals surface area contributed by atoms with E-state index in [0.29, 0.717) is 42.5 Å². The highest BCUT2D eigenvalue weighted by Crippen LogP contribution is 2.49. The van der Waals surface area contributed by atoms with E-state index in [1.54, 1.807) is 12.1 Å². The molecule has 0 amide bonds. The number of halogens is 3. The Labute approximate surface area is 269 Å². The van der Waals surface area contributed by atoms with Crippen molar-refractivity contribution in [2.75, 3.05) is 37.7 Å². The molecule has 5 aliphatic heterocycles. The van der Waals surface area contributed by atoms with E-state index in [2.05, 4.69) is 15.2 Å². The van der Waals surface area contributed by atoms with Crippen molar-refractivity contribution < 1.29 is 32.9 Å². The van der Waals surface area contributed by atoms with Crippen molar-refractivity contribution in [3.8, 4) is 28.6 Å². The average molecular weight is 648 g/mol. The van der Waals surface area contributed by atoms with Crippen LogP contribution in [-0.4, -0.2) is 93.9 Å². The Kier molecular flexibility index (Phi) is 6.58. The number of benzene rings is 3. The molecular formula is C35H36F3N5O4. The van der Waals surface area contributed by atoms with Crippen LogP contribution >= 0.6 is 0 Å². The number of ether oxygens (including phenoxy) is 2. The van der Waals surface area contributed by atoms with Crippen LogP contribution in [0, 0.1) is 11.6 Å². The van der Waals surface area contributed by atoms with Crippen LogP contribution in [0.25, 0.3) is 32.8 Å². The van der Waals surface area contributed by atoms with Crippen molar-refractivity contribution in [3.05, 3.63) is 47.5 Å². The van der Waals surface area contributed by atoms with E-state index >= 15 is 8.78 Å². The van der Waals surface area contributed by atoms with Gasteiger partial charge in [-0.05, 0) is 59.7 Å². The number of fused-ring (bicyclic) bond motifs is 7. The number of aromatic nitrogens is 2. The molecule has 4 saturated heterocycles. The highest BCUT2D eigenvalue weighted by molar-refractivity contribution is 6.05. The zero-order valence-corrected chi connectivity index (χ0v) is 26.0. The molecule has 47 heavy (non-hydrogen) atoms. The molecule has 0 saturated carbocycles. The molecule has 5 aliphatic rings. The van der Waals surface area contributed by atoms with Gasteiger partial charge in [0, 0.05) is 38.1 Å². The lowest BCUT2D eigenvalue weighted by atomic mass is 9.91. The first-order chi connectivity index (χ1) is 22.7. The van der Waals surface area contributed by atoms with Crippen molar-refractivity contribution in [3.63, 3.8) is 0 Å². The van der Waals surface area contributed by atoms with E-state index in [-0.39, 0.29) is 83.8 Å². The maximum atomic E-state index is 17.1. The molecule has 2 bridgehead atoms. The van der Waals surface area contributed by atoms with Gasteiger partial charge in [-0.15, -0.1) is 0 Å². The lowest BCUT2D eigenvalue weighted by molar-refractivity contribution is 0.106. The number of aliphatic hydroxyl groups excluding tert-OH is 1. The van der Waals surface area contributed by atoms with Crippen LogP contribution in [0.2, 0.25) is 0 Å². The van der Waals surface area contributed by atoms with Gasteiger partial charge in [0.2, 0.25) is 0 Å². The molecule has 4 aromatic rings. The van der Waals surface area contributed by atoms with Gasteiger partial charge in [-0.3, -0.25) is 4.90 Å². The van der Waals surface area contributed by atoms with E-state index in [4.69, 9.17) is 14.5 Å². The third-order valence-electron chi connectivity index (χ3n) is 11.1. The second-order valence-electron chi connectivity index (χ2n) is 13.9. The van der Waals surface area contributed by atoms with Crippen LogP contribution in [0.15, 0.2) is 30.3 Å². The zero-order valence-electron chi connectivity index (χ0n) is 26.0. The zero-order chi connectivity index (χ0) is 32.2. The van der Waals surface area contributed by atoms with E-state index in [1.807, 2.05) is 24.0 Å². The van der Waals surface area contributed by atoms with Crippen molar-refractivity contribution in [1.82, 2.24) is 20.2 Å². The quantitative estimate of drug-likeness (QED) is 0.286. The van der Waals surface area contributed by atoms with Crippen molar-refractivity contribution >= 4 is 27.5 Å². The van der Waals surface area contributed by atoms with Crippen molar-refractivity contribution in [2.24, 2.45) is 0 Å². The largest absolute Gasteiger partial charge is 0.508 e. The fourth-order valence-electron chi connectivity index (χ4n) is 9.05. The summed E-state index contributed by atoms with van der Waals surface area (Å²) in [6, 6.07) is 8.53. The number of nitrogens with zero attached hydrogens (tertiary/aromatic N) is 4. The third-order valence-corrected chi connectivity index (χ3v) is 11.1. The molecule has 0 radical (unpaired) electrons. The number of aliphatic hydroxyl groups is 1. The van der Waals surface area contributed by atoms with Gasteiger partial charge < -0.3 is 29.9 Å². The Hall–Kier alpha value is -3.87. The molecule has 6 heterocycles. The molecule has 3 aromatic carbocycles. The summed E-state index contributed by atoms with van der Waals surface area (Å²) in [5, 5.41) is 26.2. The number of β-amino-alcohol motifs (C(OH)–C–C–N with tert-alkyl or cyclic N) is 1. The van der Waals surface area contributed by atoms with Gasteiger partial charge in [0.1, 0.15) is 36.5 Å². The Morgan fingerprint density at radius 2 is 1.96 bits per heavy atom. The van der Waals surface area contributed by atoms with Gasteiger partial charge in [0.05, 0.1) is 28.6 Å². The van der Waals surface area contributed by atoms with E-state index in [0.717, 1.165) is 18.4 Å². The molecule has 0 spiro atoms. The minimum atomic E-state index is -1.04. The van der Waals surface area contributed by atoms with E-state index in [9.17, 15) is 14.6 Å². The Morgan fingerprint density at radius 3 is 2.81 bits per heavy atom. The summed E-state index contributed by atoms with van der Waals surface area (Å²) < 4.78 is 61.2. The highest BCUT2D eigenvalue weighted by atomic mass is 19.1. The average Bonchev–Trinajstić information content (AvgIpc) is 3.63. The standard InChI is InChI=1S/C35H36F3N5O4/c1-2-17-4-3-5-18-8-21(44)9-23(26(17)18)27-29(37)31-28-32(30(27)38)46-15-25-24-7-6-20(39-24)13-43(25)33(28)41-34(40-31)47-16-35-10-19(36)12-42(35)14-22(45)11-35/h3-5,8-9,19-20,22,24-25,39,44-45H,2,6-7,10-16H2,1H3/t19-,20?,22+,24?,25+,35-/m1/s1. The Bertz CT molecular complexity index is 1930. The van der Waals surface area contributed by atoms with Crippen LogP contribution < -0.4 is 19.7 Å². The number of alkyl halides is 1. The maximum Gasteiger partial charge on any atom is 0.319 e. The molecule has 9 nitrogen and oxygen atoms in total. The first-order valence-electron chi connectivity index (χ1n) is 16.6. The fourth-order valence-corrected chi connectivity index (χ4v) is 9.05. The number of rotatable bonds is 5. The monoisotopic (exact) mass is 647 g/mol. The molecule has 9 rings (SSSR count). The fraction of sp³-hybridized carbons (Fsp3) is 0.486. The van der Waals surface area contributed by atoms with Crippen molar-refractivity contribution in [2.45, 2.75) is 75.0 Å². The number of anilines is 1. The molecule has 3 N–H and O–H groups in total. The summed E-state index contributed by atoms with van der Waals surface area (Å²) in [5.74, 6) is -1.69. The molecule has 0 aliphatic carbocycles. The van der Waals surface area contributed by atoms with Gasteiger partial charge in [-0.1, -0.05) is 25.1 Å². The number of aryl methyl sites for hydroxylation is 1. The van der Waals surface area contributed by atoms with Crippen LogP contribution in [0.4, 0.5) is 19.0 Å². The predicted octanol–water partition coefficient (Wildman–Crippen LogP) is 4.62. The number of hydrogen-bond donors (Lipinski definition) is 3. The predicted molar refractivity (Wildman–Crippen MR) is 170 cm³/mol. The van der Waals surface area contributed by atoms with Crippen LogP contribution in [0.1, 0.15) is 38.2 Å². The second-order valence-corrected chi connectivity index (χ2v) is 13.9. The lowest BCUT2D eigenvalue weighted by Crippen LogP contribution is -2.60. The lowest BCUT2D eigenvalue weighted by Gasteiger charge is -2.40. The van der Waals surface area contributed by atoms with E-state index in [1.165, 1.54) is 6.07 Å². The molecule has 4 fully saturated rings. The molecule has 246 valence electrons. The molecule has 6 atom stereocenters. The van der Waals surface area contributed by atoms with Gasteiger partial charge in [-0.25, -0.2) is 13.2 Å². The van der Waals surface area contributed by atoms with Gasteiger partial charge in [0.25, 0.3) is 0 Å². The van der Waals surface area contributed by atoms with Gasteiger partial charge in [0.15, 0.2) is 17.4 Å². The summed E-state index contributed by atoms with van der Waals surface area (Å²) in [4.78, 5) is 13.3. The van der Waals surface area contributed by atoms with Crippen LogP contribution in [0.3, 0.4) is 0 Å². The summed E-state index contributed by atoms with van der Waals surface area (Å²) in [6.07, 6.45) is 1.42. The van der Waals surface area contributed by atoms with Gasteiger partial charge >= 0.3 is 6.01 Å². The SMILES string of the molecule is CCc1cccc2cc(O)cc(-c3c(F)c4c5c(nc(OC[C@@]67C[C@H](O)CN6C[C@H](F)C7)nc5c3F)N3CC5CCC(N5)[C@@H]3CO4)c12. The third kappa shape index (κ3) is 4.40. The topological polar surface area (TPSA) is 103 Å². The van der Waals surface area contributed by atoms with Crippen molar-refractivity contribution in [1.29, 1.82) is 0 Å². The summed E-state index contributed by atoms with van der Waals surface area (Å²) in [5.41, 5.74) is -0.137. The molecule has 12 heteroatoms. The maximum absolute atomic E-state index is 17.1. The first kappa shape index (κ1) is 29.3. The van der Waals surface area contributed by atoms with Crippen LogP contribution in [-0.2, 0) is 6.42 Å². The molecule has 2 unspecified atom stereocenters. The highest BCUT2D eigenvalue weighted by Gasteiger charge is 2.53. The number of phenolic OH excluding ortho intramolecular Hbond substituents is 1. The Balaban J connectivity index is 1.25. The summed E-state index contributed by atoms with van der Waals surface area (Å²) in [7, 11) is 0. The normalized spacial score (nSPS) is 29.6. The molecular weight excluding hydrogens is 611 g/mol.